The molecule has 25 heavy (non-hydrogen) atoms. The zero-order chi connectivity index (χ0) is 17.6. The van der Waals surface area contributed by atoms with E-state index in [0.29, 0.717) is 17.1 Å². The fraction of sp³-hybridized carbons (Fsp3) is 0.158. The van der Waals surface area contributed by atoms with Crippen molar-refractivity contribution in [3.63, 3.8) is 0 Å². The number of para-hydroxylation sites is 2. The van der Waals surface area contributed by atoms with Crippen LogP contribution in [0.1, 0.15) is 10.6 Å². The van der Waals surface area contributed by atoms with Crippen LogP contribution in [0.5, 0.6) is 17.2 Å². The first-order valence-corrected chi connectivity index (χ1v) is 8.53. The van der Waals surface area contributed by atoms with Gasteiger partial charge in [0.05, 0.1) is 18.5 Å². The number of thiazole rings is 1. The van der Waals surface area contributed by atoms with Gasteiger partial charge in [-0.25, -0.2) is 9.37 Å². The molecule has 0 amide bonds. The third kappa shape index (κ3) is 4.22. The van der Waals surface area contributed by atoms with Gasteiger partial charge >= 0.3 is 0 Å². The standard InChI is InChI=1S/C19H16FNO3S/c1-23-17-8-4-6-15(20)19(17)24-16-7-3-2-5-13(16)11-14(22)12-18-21-9-10-25-18/h2-10H,11-12H2,1H3. The maximum Gasteiger partial charge on any atom is 0.204 e. The zero-order valence-corrected chi connectivity index (χ0v) is 14.4. The lowest BCUT2D eigenvalue weighted by molar-refractivity contribution is -0.117. The third-order valence-electron chi connectivity index (χ3n) is 3.55. The van der Waals surface area contributed by atoms with Crippen LogP contribution < -0.4 is 9.47 Å². The highest BCUT2D eigenvalue weighted by Crippen LogP contribution is 2.35. The molecule has 0 fully saturated rings. The minimum atomic E-state index is -0.525. The van der Waals surface area contributed by atoms with Crippen molar-refractivity contribution in [1.29, 1.82) is 0 Å². The molecule has 0 aliphatic heterocycles. The summed E-state index contributed by atoms with van der Waals surface area (Å²) < 4.78 is 25.0. The van der Waals surface area contributed by atoms with Gasteiger partial charge in [0.2, 0.25) is 5.75 Å². The van der Waals surface area contributed by atoms with Gasteiger partial charge in [-0.05, 0) is 18.2 Å². The molecular formula is C19H16FNO3S. The molecule has 0 aliphatic rings. The van der Waals surface area contributed by atoms with Gasteiger partial charge in [0, 0.05) is 23.6 Å². The number of methoxy groups -OCH3 is 1. The molecule has 1 aromatic heterocycles. The first-order valence-electron chi connectivity index (χ1n) is 7.65. The van der Waals surface area contributed by atoms with Crippen LogP contribution in [-0.4, -0.2) is 17.9 Å². The quantitative estimate of drug-likeness (QED) is 0.627. The van der Waals surface area contributed by atoms with Gasteiger partial charge in [0.1, 0.15) is 11.5 Å². The number of carbonyl (C=O) groups excluding carboxylic acids is 1. The normalized spacial score (nSPS) is 10.5. The molecule has 1 heterocycles. The molecule has 4 nitrogen and oxygen atoms in total. The van der Waals surface area contributed by atoms with Crippen molar-refractivity contribution in [2.24, 2.45) is 0 Å². The van der Waals surface area contributed by atoms with Crippen molar-refractivity contribution in [3.05, 3.63) is 70.4 Å². The van der Waals surface area contributed by atoms with Crippen molar-refractivity contribution in [1.82, 2.24) is 4.98 Å². The first kappa shape index (κ1) is 17.1. The number of ketones is 1. The minimum Gasteiger partial charge on any atom is -0.493 e. The summed E-state index contributed by atoms with van der Waals surface area (Å²) in [6.45, 7) is 0. The van der Waals surface area contributed by atoms with E-state index in [1.807, 2.05) is 11.4 Å². The number of aromatic nitrogens is 1. The topological polar surface area (TPSA) is 48.4 Å². The number of halogens is 1. The van der Waals surface area contributed by atoms with E-state index < -0.39 is 5.82 Å². The molecule has 128 valence electrons. The molecule has 2 aromatic carbocycles. The van der Waals surface area contributed by atoms with E-state index in [-0.39, 0.29) is 24.4 Å². The van der Waals surface area contributed by atoms with Crippen LogP contribution >= 0.6 is 11.3 Å². The summed E-state index contributed by atoms with van der Waals surface area (Å²) in [4.78, 5) is 16.4. The Morgan fingerprint density at radius 2 is 1.92 bits per heavy atom. The van der Waals surface area contributed by atoms with E-state index in [1.165, 1.54) is 24.5 Å². The average Bonchev–Trinajstić information content (AvgIpc) is 3.11. The number of nitrogens with zero attached hydrogens (tertiary/aromatic N) is 1. The van der Waals surface area contributed by atoms with Crippen molar-refractivity contribution in [2.45, 2.75) is 12.8 Å². The highest BCUT2D eigenvalue weighted by molar-refractivity contribution is 7.09. The summed E-state index contributed by atoms with van der Waals surface area (Å²) in [5, 5.41) is 2.61. The van der Waals surface area contributed by atoms with Crippen molar-refractivity contribution in [2.75, 3.05) is 7.11 Å². The second-order valence-electron chi connectivity index (χ2n) is 5.30. The van der Waals surface area contributed by atoms with Crippen LogP contribution in [-0.2, 0) is 17.6 Å². The maximum atomic E-state index is 14.1. The molecule has 3 aromatic rings. The molecule has 0 aliphatic carbocycles. The zero-order valence-electron chi connectivity index (χ0n) is 13.6. The third-order valence-corrected chi connectivity index (χ3v) is 4.33. The summed E-state index contributed by atoms with van der Waals surface area (Å²) in [6, 6.07) is 11.6. The largest absolute Gasteiger partial charge is 0.493 e. The van der Waals surface area contributed by atoms with Gasteiger partial charge in [-0.1, -0.05) is 24.3 Å². The smallest absolute Gasteiger partial charge is 0.204 e. The molecule has 0 radical (unpaired) electrons. The van der Waals surface area contributed by atoms with E-state index in [4.69, 9.17) is 9.47 Å². The van der Waals surface area contributed by atoms with Gasteiger partial charge < -0.3 is 9.47 Å². The fourth-order valence-corrected chi connectivity index (χ4v) is 3.04. The summed E-state index contributed by atoms with van der Waals surface area (Å²) in [5.41, 5.74) is 0.689. The Kier molecular flexibility index (Phi) is 5.40. The van der Waals surface area contributed by atoms with E-state index in [1.54, 1.807) is 36.5 Å². The predicted octanol–water partition coefficient (Wildman–Crippen LogP) is 4.44. The highest BCUT2D eigenvalue weighted by atomic mass is 32.1. The van der Waals surface area contributed by atoms with E-state index in [2.05, 4.69) is 4.98 Å². The number of carbonyl (C=O) groups is 1. The Morgan fingerprint density at radius 3 is 2.68 bits per heavy atom. The lowest BCUT2D eigenvalue weighted by Crippen LogP contribution is -2.07. The second-order valence-corrected chi connectivity index (χ2v) is 6.28. The number of ether oxygens (including phenoxy) is 2. The molecule has 0 atom stereocenters. The lowest BCUT2D eigenvalue weighted by atomic mass is 10.1. The van der Waals surface area contributed by atoms with Crippen molar-refractivity contribution in [3.8, 4) is 17.2 Å². The lowest BCUT2D eigenvalue weighted by Gasteiger charge is -2.14. The summed E-state index contributed by atoms with van der Waals surface area (Å²) in [7, 11) is 1.45. The Labute approximate surface area is 148 Å². The molecular weight excluding hydrogens is 341 g/mol. The number of benzene rings is 2. The molecule has 0 spiro atoms. The molecule has 0 saturated carbocycles. The molecule has 6 heteroatoms. The second kappa shape index (κ2) is 7.90. The summed E-state index contributed by atoms with van der Waals surface area (Å²) in [5.74, 6) is 0.224. The Hall–Kier alpha value is -2.73. The van der Waals surface area contributed by atoms with E-state index in [0.717, 1.165) is 5.01 Å². The van der Waals surface area contributed by atoms with Gasteiger partial charge in [0.15, 0.2) is 11.6 Å². The number of hydrogen-bond donors (Lipinski definition) is 0. The SMILES string of the molecule is COc1cccc(F)c1Oc1ccccc1CC(=O)Cc1nccs1. The number of rotatable bonds is 7. The van der Waals surface area contributed by atoms with Gasteiger partial charge in [-0.2, -0.15) is 0 Å². The van der Waals surface area contributed by atoms with Gasteiger partial charge in [0.25, 0.3) is 0 Å². The van der Waals surface area contributed by atoms with Crippen molar-refractivity contribution < 1.29 is 18.7 Å². The maximum absolute atomic E-state index is 14.1. The van der Waals surface area contributed by atoms with Gasteiger partial charge in [-0.3, -0.25) is 4.79 Å². The van der Waals surface area contributed by atoms with Crippen LogP contribution in [0.25, 0.3) is 0 Å². The summed E-state index contributed by atoms with van der Waals surface area (Å²) >= 11 is 1.45. The Balaban J connectivity index is 1.81. The van der Waals surface area contributed by atoms with Crippen LogP contribution in [0, 0.1) is 5.82 Å². The number of Topliss-reactive ketones (excluding diaryl/α,β-unsaturated/α-hetero) is 1. The summed E-state index contributed by atoms with van der Waals surface area (Å²) in [6.07, 6.45) is 2.14. The predicted molar refractivity (Wildman–Crippen MR) is 94.0 cm³/mol. The van der Waals surface area contributed by atoms with Crippen LogP contribution in [0.15, 0.2) is 54.0 Å². The number of hydrogen-bond acceptors (Lipinski definition) is 5. The molecule has 0 bridgehead atoms. The monoisotopic (exact) mass is 357 g/mol. The van der Waals surface area contributed by atoms with Crippen LogP contribution in [0.3, 0.4) is 0 Å². The van der Waals surface area contributed by atoms with E-state index >= 15 is 0 Å². The van der Waals surface area contributed by atoms with Crippen LogP contribution in [0.2, 0.25) is 0 Å². The average molecular weight is 357 g/mol. The minimum absolute atomic E-state index is 0.00447. The van der Waals surface area contributed by atoms with Gasteiger partial charge in [-0.15, -0.1) is 11.3 Å². The van der Waals surface area contributed by atoms with E-state index in [9.17, 15) is 9.18 Å². The van der Waals surface area contributed by atoms with Crippen LogP contribution in [0.4, 0.5) is 4.39 Å². The molecule has 0 unspecified atom stereocenters. The first-order chi connectivity index (χ1) is 12.2. The fourth-order valence-electron chi connectivity index (χ4n) is 2.39. The Morgan fingerprint density at radius 1 is 1.12 bits per heavy atom. The highest BCUT2D eigenvalue weighted by Gasteiger charge is 2.15. The molecule has 0 saturated heterocycles. The molecule has 3 rings (SSSR count). The van der Waals surface area contributed by atoms with Crippen molar-refractivity contribution >= 4 is 17.1 Å². The molecule has 0 N–H and O–H groups in total. The Bertz CT molecular complexity index is 865.